The summed E-state index contributed by atoms with van der Waals surface area (Å²) in [4.78, 5) is 27.6. The average molecular weight is 1120 g/mol. The Labute approximate surface area is 450 Å². The van der Waals surface area contributed by atoms with Gasteiger partial charge in [0.15, 0.2) is 34.6 Å². The van der Waals surface area contributed by atoms with Crippen LogP contribution in [0, 0.1) is 23.5 Å². The van der Waals surface area contributed by atoms with Gasteiger partial charge in [0.05, 0.1) is 12.1 Å². The van der Waals surface area contributed by atoms with E-state index in [1.54, 1.807) is 42.5 Å². The number of rotatable bonds is 13. The predicted octanol–water partition coefficient (Wildman–Crippen LogP) is 9.65. The fourth-order valence-corrected chi connectivity index (χ4v) is 10.6. The number of halogens is 8. The van der Waals surface area contributed by atoms with Gasteiger partial charge in [-0.3, -0.25) is 4.79 Å². The SMILES string of the molecule is C.C.C.N[C@H](CN1CCCC1)[C@H](O)c1cc(F)c2c(c1)OCCO2.O=C(N[C@H](CN1CCCC1)[C@H](O)c1cc(F)c2c(c1)OCCO2)C(F)(F)C1Cc2ccc(Cl)cc2C1.O=C(O)C(F)(F)C1Cc2ccc(Cl)cc2C1. The van der Waals surface area contributed by atoms with Gasteiger partial charge in [-0.15, -0.1) is 0 Å². The fourth-order valence-electron chi connectivity index (χ4n) is 10.2. The van der Waals surface area contributed by atoms with Crippen molar-refractivity contribution in [3.8, 4) is 23.0 Å². The lowest BCUT2D eigenvalue weighted by molar-refractivity contribution is -0.172. The van der Waals surface area contributed by atoms with E-state index in [9.17, 15) is 37.4 Å². The van der Waals surface area contributed by atoms with Crippen LogP contribution in [0.4, 0.5) is 26.3 Å². The number of carbonyl (C=O) groups is 2. The quantitative estimate of drug-likeness (QED) is 0.0803. The van der Waals surface area contributed by atoms with E-state index in [0.29, 0.717) is 46.7 Å². The van der Waals surface area contributed by atoms with E-state index >= 15 is 8.78 Å². The van der Waals surface area contributed by atoms with Gasteiger partial charge in [-0.25, -0.2) is 13.6 Å². The number of aliphatic hydroxyl groups excluding tert-OH is 2. The second kappa shape index (κ2) is 26.6. The van der Waals surface area contributed by atoms with Crippen molar-refractivity contribution in [3.05, 3.63) is 116 Å². The maximum absolute atomic E-state index is 15.4. The van der Waals surface area contributed by atoms with Crippen molar-refractivity contribution in [2.75, 3.05) is 65.7 Å². The topological polar surface area (TPSA) is 176 Å². The van der Waals surface area contributed by atoms with Crippen molar-refractivity contribution in [2.45, 2.75) is 110 Å². The van der Waals surface area contributed by atoms with Crippen LogP contribution in [0.25, 0.3) is 0 Å². The number of hydrogen-bond donors (Lipinski definition) is 5. The molecular weight excluding hydrogens is 1050 g/mol. The molecule has 4 aliphatic heterocycles. The summed E-state index contributed by atoms with van der Waals surface area (Å²) in [6, 6.07) is 13.8. The molecule has 76 heavy (non-hydrogen) atoms. The first kappa shape index (κ1) is 61.8. The van der Waals surface area contributed by atoms with Crippen LogP contribution in [-0.4, -0.2) is 127 Å². The van der Waals surface area contributed by atoms with Gasteiger partial charge in [0, 0.05) is 41.0 Å². The van der Waals surface area contributed by atoms with Crippen LogP contribution in [0.1, 0.15) is 93.6 Å². The van der Waals surface area contributed by atoms with E-state index < -0.39 is 71.5 Å². The van der Waals surface area contributed by atoms with Crippen molar-refractivity contribution in [2.24, 2.45) is 17.6 Å². The molecule has 2 aliphatic carbocycles. The molecule has 6 atom stereocenters. The van der Waals surface area contributed by atoms with Crippen molar-refractivity contribution in [1.29, 1.82) is 0 Å². The molecule has 420 valence electrons. The molecule has 6 N–H and O–H groups in total. The van der Waals surface area contributed by atoms with Crippen molar-refractivity contribution in [1.82, 2.24) is 15.1 Å². The summed E-state index contributed by atoms with van der Waals surface area (Å²) >= 11 is 11.7. The number of fused-ring (bicyclic) bond motifs is 4. The second-order valence-electron chi connectivity index (χ2n) is 19.3. The third-order valence-electron chi connectivity index (χ3n) is 14.2. The zero-order valence-corrected chi connectivity index (χ0v) is 41.3. The van der Waals surface area contributed by atoms with Gasteiger partial charge in [-0.1, -0.05) is 57.6 Å². The lowest BCUT2D eigenvalue weighted by atomic mass is 9.95. The molecular formula is C55H70Cl2F6N4O9. The highest BCUT2D eigenvalue weighted by molar-refractivity contribution is 6.31. The van der Waals surface area contributed by atoms with Crippen molar-refractivity contribution >= 4 is 35.1 Å². The molecule has 1 amide bonds. The van der Waals surface area contributed by atoms with Crippen molar-refractivity contribution < 1.29 is 70.2 Å². The zero-order valence-electron chi connectivity index (χ0n) is 39.8. The monoisotopic (exact) mass is 1110 g/mol. The Hall–Kier alpha value is -5.02. The molecule has 0 saturated carbocycles. The van der Waals surface area contributed by atoms with Gasteiger partial charge in [-0.05, 0) is 159 Å². The Kier molecular flexibility index (Phi) is 21.6. The molecule has 4 aromatic rings. The van der Waals surface area contributed by atoms with Crippen LogP contribution in [-0.2, 0) is 35.3 Å². The molecule has 13 nitrogen and oxygen atoms in total. The van der Waals surface area contributed by atoms with E-state index in [1.165, 1.54) is 25.0 Å². The highest BCUT2D eigenvalue weighted by Gasteiger charge is 2.51. The first-order valence-electron chi connectivity index (χ1n) is 24.4. The van der Waals surface area contributed by atoms with E-state index in [4.69, 9.17) is 53.0 Å². The van der Waals surface area contributed by atoms with Crippen LogP contribution < -0.4 is 30.0 Å². The number of alkyl halides is 4. The second-order valence-corrected chi connectivity index (χ2v) is 20.2. The van der Waals surface area contributed by atoms with Crippen LogP contribution >= 0.6 is 23.2 Å². The zero-order chi connectivity index (χ0) is 52.2. The number of amides is 1. The molecule has 4 aromatic carbocycles. The molecule has 2 unspecified atom stereocenters. The predicted molar refractivity (Wildman–Crippen MR) is 278 cm³/mol. The van der Waals surface area contributed by atoms with Crippen LogP contribution in [0.3, 0.4) is 0 Å². The first-order valence-corrected chi connectivity index (χ1v) is 25.1. The van der Waals surface area contributed by atoms with Gasteiger partial charge < -0.3 is 55.1 Å². The van der Waals surface area contributed by atoms with Crippen LogP contribution in [0.2, 0.25) is 10.0 Å². The molecule has 6 aliphatic rings. The summed E-state index contributed by atoms with van der Waals surface area (Å²) in [6.07, 6.45) is 2.10. The number of nitrogens with zero attached hydrogens (tertiary/aromatic N) is 2. The van der Waals surface area contributed by atoms with E-state index in [2.05, 4.69) is 10.2 Å². The number of likely N-dealkylation sites (tertiary alicyclic amines) is 2. The third kappa shape index (κ3) is 14.4. The maximum Gasteiger partial charge on any atom is 0.374 e. The number of ether oxygens (including phenoxy) is 4. The standard InChI is InChI=1S/C26H28ClF3N2O4.C15H21FN2O3.C11H9ClF2O2.3CH4/c27-19-4-3-15-9-18(10-16(15)11-19)26(29,30)25(34)31-21(14-32-5-1-2-6-32)23(33)17-12-20(28)24-22(13-17)35-7-8-36-24;16-11-7-10(8-13-15(11)21-6-5-20-13)14(19)12(17)9-18-3-1-2-4-18;12-9-2-1-6-3-8(4-7(6)5-9)11(13,14)10(15)16;;;/h3-4,11-13,18,21,23,33H,1-2,5-10,14H2,(H,31,34);7-8,12,14,19H,1-6,9,17H2;1-2,5,8H,3-4H2,(H,15,16);3*1H4/t18?,21-,23-;12-,14-;;;;/m11..../s1. The smallest absolute Gasteiger partial charge is 0.374 e. The molecule has 4 heterocycles. The average Bonchev–Trinajstić information content (AvgIpc) is 4.22. The molecule has 0 spiro atoms. The molecule has 0 bridgehead atoms. The highest BCUT2D eigenvalue weighted by Crippen LogP contribution is 2.42. The summed E-state index contributed by atoms with van der Waals surface area (Å²) in [7, 11) is 0. The Morgan fingerprint density at radius 1 is 0.618 bits per heavy atom. The van der Waals surface area contributed by atoms with Gasteiger partial charge >= 0.3 is 17.8 Å². The Morgan fingerprint density at radius 2 is 1.03 bits per heavy atom. The number of carboxylic acids is 1. The third-order valence-corrected chi connectivity index (χ3v) is 14.6. The number of carboxylic acid groups (broad SMARTS) is 1. The van der Waals surface area contributed by atoms with Gasteiger partial charge in [0.1, 0.15) is 32.5 Å². The summed E-state index contributed by atoms with van der Waals surface area (Å²) < 4.78 is 107. The molecule has 0 radical (unpaired) electrons. The lowest BCUT2D eigenvalue weighted by Crippen LogP contribution is -2.54. The van der Waals surface area contributed by atoms with Crippen LogP contribution in [0.5, 0.6) is 23.0 Å². The summed E-state index contributed by atoms with van der Waals surface area (Å²) in [6.45, 7) is 5.37. The number of benzene rings is 4. The van der Waals surface area contributed by atoms with Crippen molar-refractivity contribution in [3.63, 3.8) is 0 Å². The van der Waals surface area contributed by atoms with Gasteiger partial charge in [0.2, 0.25) is 0 Å². The fraction of sp³-hybridized carbons (Fsp3) is 0.527. The first-order chi connectivity index (χ1) is 34.8. The summed E-state index contributed by atoms with van der Waals surface area (Å²) in [5.74, 6) is -14.0. The Bertz CT molecular complexity index is 2630. The maximum atomic E-state index is 15.4. The number of nitrogens with two attached hydrogens (primary N) is 1. The normalized spacial score (nSPS) is 20.0. The molecule has 2 fully saturated rings. The summed E-state index contributed by atoms with van der Waals surface area (Å²) in [5, 5.41) is 33.3. The minimum atomic E-state index is -3.68. The molecule has 0 aromatic heterocycles. The lowest BCUT2D eigenvalue weighted by Gasteiger charge is -2.31. The highest BCUT2D eigenvalue weighted by atomic mass is 35.5. The van der Waals surface area contributed by atoms with Gasteiger partial charge in [-0.2, -0.15) is 17.6 Å². The van der Waals surface area contributed by atoms with Crippen LogP contribution in [0.15, 0.2) is 60.7 Å². The number of nitrogens with one attached hydrogen (secondary N) is 1. The Morgan fingerprint density at radius 3 is 1.49 bits per heavy atom. The molecule has 2 saturated heterocycles. The molecule has 10 rings (SSSR count). The number of carbonyl (C=O) groups excluding carboxylic acids is 1. The van der Waals surface area contributed by atoms with E-state index in [0.717, 1.165) is 61.8 Å². The number of aliphatic carboxylic acids is 1. The van der Waals surface area contributed by atoms with Gasteiger partial charge in [0.25, 0.3) is 5.91 Å². The minimum absolute atomic E-state index is 0. The summed E-state index contributed by atoms with van der Waals surface area (Å²) in [5.41, 5.74) is 9.56. The minimum Gasteiger partial charge on any atom is -0.486 e. The van der Waals surface area contributed by atoms with E-state index in [1.807, 2.05) is 4.90 Å². The largest absolute Gasteiger partial charge is 0.486 e. The number of aliphatic hydroxyl groups is 2. The molecule has 21 heteroatoms. The van der Waals surface area contributed by atoms with E-state index in [-0.39, 0.29) is 90.5 Å². The Balaban J connectivity index is 0.000000227. The number of hydrogen-bond acceptors (Lipinski definition) is 11.